The van der Waals surface area contributed by atoms with Crippen molar-refractivity contribution >= 4 is 0 Å². The molecule has 1 aromatic carbocycles. The molecular formula is C16H26N2O. The van der Waals surface area contributed by atoms with E-state index in [1.165, 1.54) is 29.5 Å². The molecule has 1 saturated heterocycles. The first kappa shape index (κ1) is 14.5. The highest BCUT2D eigenvalue weighted by Gasteiger charge is 2.19. The zero-order valence-corrected chi connectivity index (χ0v) is 12.1. The Morgan fingerprint density at radius 1 is 1.32 bits per heavy atom. The van der Waals surface area contributed by atoms with E-state index in [2.05, 4.69) is 37.5 Å². The molecule has 1 fully saturated rings. The first-order valence-electron chi connectivity index (χ1n) is 7.29. The molecule has 19 heavy (non-hydrogen) atoms. The van der Waals surface area contributed by atoms with Crippen LogP contribution in [0.4, 0.5) is 0 Å². The van der Waals surface area contributed by atoms with E-state index in [0.717, 1.165) is 32.0 Å². The Kier molecular flexibility index (Phi) is 5.37. The second-order valence-corrected chi connectivity index (χ2v) is 5.79. The maximum Gasteiger partial charge on any atom is 0.0468 e. The molecule has 1 unspecified atom stereocenters. The zero-order chi connectivity index (χ0) is 13.7. The van der Waals surface area contributed by atoms with Gasteiger partial charge in [0, 0.05) is 19.3 Å². The summed E-state index contributed by atoms with van der Waals surface area (Å²) in [4.78, 5) is 0. The van der Waals surface area contributed by atoms with E-state index < -0.39 is 0 Å². The van der Waals surface area contributed by atoms with E-state index in [-0.39, 0.29) is 0 Å². The minimum atomic E-state index is 0.364. The number of nitrogens with one attached hydrogen (secondary N) is 1. The molecule has 0 spiro atoms. The summed E-state index contributed by atoms with van der Waals surface area (Å²) in [6.45, 7) is 6.14. The summed E-state index contributed by atoms with van der Waals surface area (Å²) in [5, 5.41) is 0. The van der Waals surface area contributed by atoms with Gasteiger partial charge in [0.15, 0.2) is 0 Å². The van der Waals surface area contributed by atoms with Crippen LogP contribution in [0.3, 0.4) is 0 Å². The molecular weight excluding hydrogens is 236 g/mol. The van der Waals surface area contributed by atoms with Gasteiger partial charge >= 0.3 is 0 Å². The van der Waals surface area contributed by atoms with Gasteiger partial charge in [-0.3, -0.25) is 11.3 Å². The monoisotopic (exact) mass is 262 g/mol. The predicted octanol–water partition coefficient (Wildman–Crippen LogP) is 2.49. The lowest BCUT2D eigenvalue weighted by Crippen LogP contribution is -2.39. The average Bonchev–Trinajstić information content (AvgIpc) is 2.43. The van der Waals surface area contributed by atoms with Crippen molar-refractivity contribution in [3.8, 4) is 0 Å². The highest BCUT2D eigenvalue weighted by atomic mass is 16.5. The van der Waals surface area contributed by atoms with E-state index in [1.54, 1.807) is 0 Å². The SMILES string of the molecule is Cc1ccc(C)c(CC(CC2CCOCC2)NN)c1. The Bertz CT molecular complexity index is 400. The molecule has 0 bridgehead atoms. The summed E-state index contributed by atoms with van der Waals surface area (Å²) in [5.74, 6) is 6.49. The van der Waals surface area contributed by atoms with Crippen molar-refractivity contribution in [2.45, 2.75) is 45.6 Å². The summed E-state index contributed by atoms with van der Waals surface area (Å²) in [6.07, 6.45) is 4.50. The second kappa shape index (κ2) is 7.04. The molecule has 3 nitrogen and oxygen atoms in total. The first-order chi connectivity index (χ1) is 9.19. The third-order valence-corrected chi connectivity index (χ3v) is 4.17. The maximum absolute atomic E-state index is 5.74. The van der Waals surface area contributed by atoms with Crippen molar-refractivity contribution in [3.05, 3.63) is 34.9 Å². The molecule has 106 valence electrons. The van der Waals surface area contributed by atoms with Gasteiger partial charge in [0.2, 0.25) is 0 Å². The Hall–Kier alpha value is -0.900. The fraction of sp³-hybridized carbons (Fsp3) is 0.625. The van der Waals surface area contributed by atoms with Crippen LogP contribution in [-0.2, 0) is 11.2 Å². The molecule has 0 aliphatic carbocycles. The Labute approximate surface area is 116 Å². The molecule has 1 atom stereocenters. The summed E-state index contributed by atoms with van der Waals surface area (Å²) >= 11 is 0. The minimum absolute atomic E-state index is 0.364. The van der Waals surface area contributed by atoms with Crippen LogP contribution < -0.4 is 11.3 Å². The average molecular weight is 262 g/mol. The highest BCUT2D eigenvalue weighted by Crippen LogP contribution is 2.22. The number of aryl methyl sites for hydroxylation is 2. The molecule has 1 aromatic rings. The van der Waals surface area contributed by atoms with E-state index in [9.17, 15) is 0 Å². The van der Waals surface area contributed by atoms with Crippen LogP contribution in [-0.4, -0.2) is 19.3 Å². The molecule has 1 heterocycles. The molecule has 0 amide bonds. The van der Waals surface area contributed by atoms with Crippen molar-refractivity contribution in [1.29, 1.82) is 0 Å². The fourth-order valence-corrected chi connectivity index (χ4v) is 2.88. The van der Waals surface area contributed by atoms with Crippen LogP contribution >= 0.6 is 0 Å². The second-order valence-electron chi connectivity index (χ2n) is 5.79. The van der Waals surface area contributed by atoms with Crippen molar-refractivity contribution in [3.63, 3.8) is 0 Å². The van der Waals surface area contributed by atoms with Gasteiger partial charge in [-0.15, -0.1) is 0 Å². The number of hydrogen-bond donors (Lipinski definition) is 2. The summed E-state index contributed by atoms with van der Waals surface area (Å²) in [5.41, 5.74) is 7.10. The van der Waals surface area contributed by atoms with Crippen LogP contribution in [0, 0.1) is 19.8 Å². The van der Waals surface area contributed by atoms with Crippen LogP contribution in [0.25, 0.3) is 0 Å². The Morgan fingerprint density at radius 3 is 2.74 bits per heavy atom. The lowest BCUT2D eigenvalue weighted by molar-refractivity contribution is 0.0605. The lowest BCUT2D eigenvalue weighted by Gasteiger charge is -2.26. The highest BCUT2D eigenvalue weighted by molar-refractivity contribution is 5.31. The molecule has 1 aliphatic rings. The Balaban J connectivity index is 1.95. The number of ether oxygens (including phenoxy) is 1. The van der Waals surface area contributed by atoms with Crippen molar-refractivity contribution < 1.29 is 4.74 Å². The van der Waals surface area contributed by atoms with Crippen molar-refractivity contribution in [2.24, 2.45) is 11.8 Å². The molecule has 2 rings (SSSR count). The third kappa shape index (κ3) is 4.30. The number of benzene rings is 1. The van der Waals surface area contributed by atoms with Gasteiger partial charge in [-0.05, 0) is 56.6 Å². The van der Waals surface area contributed by atoms with Crippen LogP contribution in [0.1, 0.15) is 36.0 Å². The molecule has 1 aliphatic heterocycles. The topological polar surface area (TPSA) is 47.3 Å². The molecule has 0 radical (unpaired) electrons. The van der Waals surface area contributed by atoms with E-state index in [4.69, 9.17) is 10.6 Å². The van der Waals surface area contributed by atoms with Crippen molar-refractivity contribution in [1.82, 2.24) is 5.43 Å². The first-order valence-corrected chi connectivity index (χ1v) is 7.29. The number of rotatable bonds is 5. The maximum atomic E-state index is 5.74. The number of hydrazine groups is 1. The fourth-order valence-electron chi connectivity index (χ4n) is 2.88. The van der Waals surface area contributed by atoms with Crippen LogP contribution in [0.15, 0.2) is 18.2 Å². The quantitative estimate of drug-likeness (QED) is 0.633. The van der Waals surface area contributed by atoms with Gasteiger partial charge in [0.1, 0.15) is 0 Å². The summed E-state index contributed by atoms with van der Waals surface area (Å²) in [7, 11) is 0. The smallest absolute Gasteiger partial charge is 0.0468 e. The summed E-state index contributed by atoms with van der Waals surface area (Å²) in [6, 6.07) is 7.02. The van der Waals surface area contributed by atoms with E-state index >= 15 is 0 Å². The van der Waals surface area contributed by atoms with Gasteiger partial charge < -0.3 is 4.74 Å². The standard InChI is InChI=1S/C16H26N2O/c1-12-3-4-13(2)15(9-12)11-16(18-17)10-14-5-7-19-8-6-14/h3-4,9,14,16,18H,5-8,10-11,17H2,1-2H3. The zero-order valence-electron chi connectivity index (χ0n) is 12.1. The van der Waals surface area contributed by atoms with E-state index in [0.29, 0.717) is 6.04 Å². The molecule has 3 N–H and O–H groups in total. The normalized spacial score (nSPS) is 18.5. The number of hydrogen-bond acceptors (Lipinski definition) is 3. The minimum Gasteiger partial charge on any atom is -0.381 e. The molecule has 0 saturated carbocycles. The van der Waals surface area contributed by atoms with Crippen molar-refractivity contribution in [2.75, 3.05) is 13.2 Å². The summed E-state index contributed by atoms with van der Waals surface area (Å²) < 4.78 is 5.42. The van der Waals surface area contributed by atoms with Gasteiger partial charge in [0.25, 0.3) is 0 Å². The largest absolute Gasteiger partial charge is 0.381 e. The lowest BCUT2D eigenvalue weighted by atomic mass is 9.89. The van der Waals surface area contributed by atoms with Gasteiger partial charge in [0.05, 0.1) is 0 Å². The Morgan fingerprint density at radius 2 is 2.05 bits per heavy atom. The third-order valence-electron chi connectivity index (χ3n) is 4.17. The van der Waals surface area contributed by atoms with Gasteiger partial charge in [-0.1, -0.05) is 23.8 Å². The molecule has 3 heteroatoms. The van der Waals surface area contributed by atoms with Gasteiger partial charge in [-0.25, -0.2) is 0 Å². The van der Waals surface area contributed by atoms with E-state index in [1.807, 2.05) is 0 Å². The van der Waals surface area contributed by atoms with Crippen LogP contribution in [0.5, 0.6) is 0 Å². The van der Waals surface area contributed by atoms with Crippen LogP contribution in [0.2, 0.25) is 0 Å². The number of nitrogens with two attached hydrogens (primary N) is 1. The van der Waals surface area contributed by atoms with Gasteiger partial charge in [-0.2, -0.15) is 0 Å². The molecule has 0 aromatic heterocycles. The predicted molar refractivity (Wildman–Crippen MR) is 78.9 cm³/mol.